The van der Waals surface area contributed by atoms with Gasteiger partial charge in [0.25, 0.3) is 5.91 Å². The van der Waals surface area contributed by atoms with Crippen LogP contribution in [-0.4, -0.2) is 10.9 Å². The molecule has 1 aromatic heterocycles. The van der Waals surface area contributed by atoms with E-state index >= 15 is 0 Å². The number of aromatic nitrogens is 1. The monoisotopic (exact) mass is 386 g/mol. The van der Waals surface area contributed by atoms with Gasteiger partial charge in [0.15, 0.2) is 0 Å². The number of thiazole rings is 1. The van der Waals surface area contributed by atoms with Crippen LogP contribution >= 0.6 is 22.9 Å². The molecule has 0 saturated carbocycles. The number of halogens is 1. The van der Waals surface area contributed by atoms with Gasteiger partial charge in [0.1, 0.15) is 22.2 Å². The first-order valence-electron chi connectivity index (χ1n) is 8.15. The summed E-state index contributed by atoms with van der Waals surface area (Å²) in [6, 6.07) is 13.2. The van der Waals surface area contributed by atoms with Gasteiger partial charge in [-0.3, -0.25) is 4.79 Å². The van der Waals surface area contributed by atoms with Gasteiger partial charge in [0, 0.05) is 10.7 Å². The van der Waals surface area contributed by atoms with Crippen LogP contribution in [0.2, 0.25) is 5.02 Å². The van der Waals surface area contributed by atoms with E-state index in [-0.39, 0.29) is 5.91 Å². The van der Waals surface area contributed by atoms with E-state index in [2.05, 4.69) is 10.3 Å². The summed E-state index contributed by atoms with van der Waals surface area (Å²) in [6.07, 6.45) is 0. The lowest BCUT2D eigenvalue weighted by molar-refractivity contribution is 0.102. The Morgan fingerprint density at radius 1 is 1.19 bits per heavy atom. The second-order valence-corrected chi connectivity index (χ2v) is 7.56. The Balaban J connectivity index is 1.70. The minimum atomic E-state index is -0.174. The molecule has 0 saturated heterocycles. The van der Waals surface area contributed by atoms with Gasteiger partial charge in [0.2, 0.25) is 0 Å². The normalized spacial score (nSPS) is 10.6. The van der Waals surface area contributed by atoms with Crippen LogP contribution in [0.1, 0.15) is 31.5 Å². The molecule has 0 atom stereocenters. The predicted molar refractivity (Wildman–Crippen MR) is 107 cm³/mol. The molecule has 0 aliphatic carbocycles. The zero-order valence-corrected chi connectivity index (χ0v) is 16.4. The lowest BCUT2D eigenvalue weighted by Crippen LogP contribution is -2.12. The lowest BCUT2D eigenvalue weighted by Gasteiger charge is -2.07. The van der Waals surface area contributed by atoms with Crippen LogP contribution in [0.4, 0.5) is 5.69 Å². The van der Waals surface area contributed by atoms with E-state index in [1.165, 1.54) is 11.3 Å². The molecule has 0 bridgehead atoms. The maximum atomic E-state index is 12.6. The largest absolute Gasteiger partial charge is 0.486 e. The van der Waals surface area contributed by atoms with E-state index in [9.17, 15) is 4.79 Å². The number of rotatable bonds is 5. The molecule has 0 unspecified atom stereocenters. The summed E-state index contributed by atoms with van der Waals surface area (Å²) in [7, 11) is 0. The molecule has 0 aliphatic heterocycles. The summed E-state index contributed by atoms with van der Waals surface area (Å²) >= 11 is 7.30. The molecular formula is C20H19ClN2O2S. The fraction of sp³-hybridized carbons (Fsp3) is 0.200. The Morgan fingerprint density at radius 2 is 2.00 bits per heavy atom. The van der Waals surface area contributed by atoms with Gasteiger partial charge in [0.05, 0.1) is 5.69 Å². The number of nitrogens with zero attached hydrogens (tertiary/aromatic N) is 1. The fourth-order valence-electron chi connectivity index (χ4n) is 2.52. The highest BCUT2D eigenvalue weighted by Crippen LogP contribution is 2.24. The highest BCUT2D eigenvalue weighted by Gasteiger charge is 2.16. The van der Waals surface area contributed by atoms with Crippen LogP contribution in [-0.2, 0) is 6.61 Å². The maximum Gasteiger partial charge on any atom is 0.267 e. The number of hydrogen-bond donors (Lipinski definition) is 1. The van der Waals surface area contributed by atoms with Gasteiger partial charge in [-0.2, -0.15) is 0 Å². The van der Waals surface area contributed by atoms with Crippen molar-refractivity contribution in [3.05, 3.63) is 74.2 Å². The van der Waals surface area contributed by atoms with Crippen molar-refractivity contribution in [3.63, 3.8) is 0 Å². The van der Waals surface area contributed by atoms with E-state index in [0.29, 0.717) is 22.2 Å². The molecule has 4 nitrogen and oxygen atoms in total. The molecule has 3 aromatic rings. The molecule has 134 valence electrons. The van der Waals surface area contributed by atoms with Gasteiger partial charge >= 0.3 is 0 Å². The average Bonchev–Trinajstić information content (AvgIpc) is 2.96. The van der Waals surface area contributed by atoms with Gasteiger partial charge in [-0.25, -0.2) is 4.98 Å². The summed E-state index contributed by atoms with van der Waals surface area (Å²) in [4.78, 5) is 17.6. The Bertz CT molecular complexity index is 953. The maximum absolute atomic E-state index is 12.6. The van der Waals surface area contributed by atoms with Crippen LogP contribution in [0.25, 0.3) is 0 Å². The lowest BCUT2D eigenvalue weighted by atomic mass is 10.2. The minimum absolute atomic E-state index is 0.174. The van der Waals surface area contributed by atoms with Gasteiger partial charge < -0.3 is 10.1 Å². The number of aryl methyl sites for hydroxylation is 3. The first-order chi connectivity index (χ1) is 12.4. The Labute approximate surface area is 161 Å². The van der Waals surface area contributed by atoms with Gasteiger partial charge in [-0.1, -0.05) is 23.7 Å². The van der Waals surface area contributed by atoms with Crippen LogP contribution in [0.15, 0.2) is 42.5 Å². The Morgan fingerprint density at radius 3 is 2.73 bits per heavy atom. The van der Waals surface area contributed by atoms with E-state index < -0.39 is 0 Å². The number of hydrogen-bond acceptors (Lipinski definition) is 4. The van der Waals surface area contributed by atoms with Crippen molar-refractivity contribution in [1.29, 1.82) is 0 Å². The second kappa shape index (κ2) is 7.89. The number of benzene rings is 2. The van der Waals surface area contributed by atoms with Crippen LogP contribution in [0.5, 0.6) is 5.75 Å². The third kappa shape index (κ3) is 4.42. The fourth-order valence-corrected chi connectivity index (χ4v) is 3.62. The number of amides is 1. The third-order valence-electron chi connectivity index (χ3n) is 3.84. The predicted octanol–water partition coefficient (Wildman–Crippen LogP) is 5.55. The summed E-state index contributed by atoms with van der Waals surface area (Å²) in [5.74, 6) is 0.618. The van der Waals surface area contributed by atoms with E-state index in [1.807, 2.05) is 51.1 Å². The van der Waals surface area contributed by atoms with Crippen molar-refractivity contribution in [3.8, 4) is 5.75 Å². The van der Waals surface area contributed by atoms with Crippen molar-refractivity contribution in [1.82, 2.24) is 4.98 Å². The van der Waals surface area contributed by atoms with Crippen LogP contribution < -0.4 is 10.1 Å². The molecule has 2 aromatic carbocycles. The molecule has 0 radical (unpaired) electrons. The highest BCUT2D eigenvalue weighted by atomic mass is 35.5. The molecule has 0 fully saturated rings. The van der Waals surface area contributed by atoms with Crippen LogP contribution in [0, 0.1) is 20.8 Å². The summed E-state index contributed by atoms with van der Waals surface area (Å²) in [6.45, 7) is 6.09. The molecule has 0 spiro atoms. The third-order valence-corrected chi connectivity index (χ3v) is 5.20. The van der Waals surface area contributed by atoms with Crippen molar-refractivity contribution >= 4 is 34.5 Å². The first-order valence-corrected chi connectivity index (χ1v) is 9.35. The first kappa shape index (κ1) is 18.4. The quantitative estimate of drug-likeness (QED) is 0.625. The number of carbonyl (C=O) groups excluding carboxylic acids is 1. The number of carbonyl (C=O) groups is 1. The van der Waals surface area contributed by atoms with Crippen molar-refractivity contribution in [2.45, 2.75) is 27.4 Å². The smallest absolute Gasteiger partial charge is 0.267 e. The van der Waals surface area contributed by atoms with E-state index in [4.69, 9.17) is 16.3 Å². The van der Waals surface area contributed by atoms with Gasteiger partial charge in [-0.15, -0.1) is 11.3 Å². The zero-order chi connectivity index (χ0) is 18.7. The van der Waals surface area contributed by atoms with Crippen LogP contribution in [0.3, 0.4) is 0 Å². The average molecular weight is 387 g/mol. The number of ether oxygens (including phenoxy) is 1. The van der Waals surface area contributed by atoms with E-state index in [0.717, 1.165) is 27.6 Å². The van der Waals surface area contributed by atoms with Crippen molar-refractivity contribution in [2.24, 2.45) is 0 Å². The number of anilines is 1. The molecule has 1 heterocycles. The molecule has 3 rings (SSSR count). The highest BCUT2D eigenvalue weighted by molar-refractivity contribution is 7.13. The van der Waals surface area contributed by atoms with Crippen molar-refractivity contribution in [2.75, 3.05) is 5.32 Å². The standard InChI is InChI=1S/C20H19ClN2O2S/c1-12-5-4-6-16(9-12)25-11-18-22-14(3)19(26-18)20(24)23-17-8-7-15(21)10-13(17)2/h4-10H,11H2,1-3H3,(H,23,24). The molecule has 1 N–H and O–H groups in total. The molecule has 0 aliphatic rings. The van der Waals surface area contributed by atoms with Gasteiger partial charge in [-0.05, 0) is 62.2 Å². The SMILES string of the molecule is Cc1cccc(OCc2nc(C)c(C(=O)Nc3ccc(Cl)cc3C)s2)c1. The Hall–Kier alpha value is -2.37. The van der Waals surface area contributed by atoms with Crippen molar-refractivity contribution < 1.29 is 9.53 Å². The molecule has 26 heavy (non-hydrogen) atoms. The summed E-state index contributed by atoms with van der Waals surface area (Å²) in [5.41, 5.74) is 3.49. The molecule has 6 heteroatoms. The summed E-state index contributed by atoms with van der Waals surface area (Å²) in [5, 5.41) is 4.33. The summed E-state index contributed by atoms with van der Waals surface area (Å²) < 4.78 is 5.77. The van der Waals surface area contributed by atoms with E-state index in [1.54, 1.807) is 12.1 Å². The zero-order valence-electron chi connectivity index (χ0n) is 14.8. The Kier molecular flexibility index (Phi) is 5.59. The molecule has 1 amide bonds. The topological polar surface area (TPSA) is 51.2 Å². The second-order valence-electron chi connectivity index (χ2n) is 6.04. The number of nitrogens with one attached hydrogen (secondary N) is 1. The minimum Gasteiger partial charge on any atom is -0.486 e. The molecular weight excluding hydrogens is 368 g/mol.